The molecule has 0 radical (unpaired) electrons. The zero-order chi connectivity index (χ0) is 41.4. The molecule has 0 amide bonds. The smallest absolute Gasteiger partial charge is 0.306 e. The van der Waals surface area contributed by atoms with Gasteiger partial charge in [-0.15, -0.1) is 0 Å². The molecule has 0 spiro atoms. The number of unbranched alkanes of at least 4 members (excludes halogenated alkanes) is 32. The van der Waals surface area contributed by atoms with Crippen molar-refractivity contribution in [2.24, 2.45) is 0 Å². The predicted molar refractivity (Wildman–Crippen MR) is 233 cm³/mol. The Morgan fingerprint density at radius 3 is 1.25 bits per heavy atom. The summed E-state index contributed by atoms with van der Waals surface area (Å²) in [6.07, 6.45) is 37.4. The number of hydrogen-bond donors (Lipinski definition) is 4. The van der Waals surface area contributed by atoms with Crippen molar-refractivity contribution in [1.29, 1.82) is 0 Å². The van der Waals surface area contributed by atoms with Gasteiger partial charge in [0.2, 0.25) is 0 Å². The van der Waals surface area contributed by atoms with E-state index in [4.69, 9.17) is 18.9 Å². The van der Waals surface area contributed by atoms with E-state index in [1.54, 1.807) is 0 Å². The maximum Gasteiger partial charge on any atom is 0.306 e. The van der Waals surface area contributed by atoms with Gasteiger partial charge in [-0.3, -0.25) is 4.79 Å². The van der Waals surface area contributed by atoms with Gasteiger partial charge in [0.25, 0.3) is 0 Å². The molecule has 4 N–H and O–H groups in total. The lowest BCUT2D eigenvalue weighted by Crippen LogP contribution is -2.59. The van der Waals surface area contributed by atoms with Gasteiger partial charge in [0.1, 0.15) is 30.5 Å². The summed E-state index contributed by atoms with van der Waals surface area (Å²) >= 11 is 0. The fraction of sp³-hybridized carbons (Fsp3) is 0.979. The normalized spacial score (nSPS) is 20.3. The SMILES string of the molecule is CCCCCCCCCCCCCCCCCCCCCCCCCCCCOCC(COC1OC(CO)C(O)C(O)C1O)OC(=O)CCCCCCCCCC. The van der Waals surface area contributed by atoms with Crippen LogP contribution in [0.15, 0.2) is 0 Å². The summed E-state index contributed by atoms with van der Waals surface area (Å²) in [6.45, 7) is 4.57. The molecule has 0 bridgehead atoms. The van der Waals surface area contributed by atoms with E-state index in [1.807, 2.05) is 0 Å². The molecule has 0 aromatic heterocycles. The zero-order valence-electron chi connectivity index (χ0n) is 37.4. The maximum absolute atomic E-state index is 12.7. The first-order chi connectivity index (χ1) is 27.9. The number of hydrogen-bond acceptors (Lipinski definition) is 9. The van der Waals surface area contributed by atoms with Crippen molar-refractivity contribution < 1.29 is 44.2 Å². The fourth-order valence-corrected chi connectivity index (χ4v) is 7.91. The van der Waals surface area contributed by atoms with Gasteiger partial charge in [0.05, 0.1) is 19.8 Å². The van der Waals surface area contributed by atoms with Crippen molar-refractivity contribution in [3.05, 3.63) is 0 Å². The zero-order valence-corrected chi connectivity index (χ0v) is 37.4. The summed E-state index contributed by atoms with van der Waals surface area (Å²) in [7, 11) is 0. The number of rotatable bonds is 43. The van der Waals surface area contributed by atoms with Gasteiger partial charge in [-0.1, -0.05) is 219 Å². The number of aliphatic hydroxyl groups excluding tert-OH is 4. The van der Waals surface area contributed by atoms with E-state index >= 15 is 0 Å². The van der Waals surface area contributed by atoms with Crippen LogP contribution in [0.25, 0.3) is 0 Å². The standard InChI is InChI=1S/C48H94O9/c1-3-5-7-9-11-13-14-15-16-17-18-19-20-21-22-23-24-25-26-27-28-29-30-32-34-36-38-54-40-42(56-44(50)37-35-33-31-12-10-8-6-4-2)41-55-48-47(53)46(52)45(51)43(39-49)57-48/h42-43,45-49,51-53H,3-41H2,1-2H3. The minimum Gasteiger partial charge on any atom is -0.457 e. The molecule has 0 aliphatic carbocycles. The molecule has 6 atom stereocenters. The summed E-state index contributed by atoms with van der Waals surface area (Å²) in [5.41, 5.74) is 0. The van der Waals surface area contributed by atoms with Crippen LogP contribution < -0.4 is 0 Å². The van der Waals surface area contributed by atoms with E-state index < -0.39 is 43.4 Å². The molecule has 1 saturated heterocycles. The largest absolute Gasteiger partial charge is 0.457 e. The molecular weight excluding hydrogens is 721 g/mol. The molecule has 0 aromatic rings. The third-order valence-corrected chi connectivity index (χ3v) is 11.8. The molecule has 9 nitrogen and oxygen atoms in total. The summed E-state index contributed by atoms with van der Waals surface area (Å²) in [4.78, 5) is 12.7. The summed E-state index contributed by atoms with van der Waals surface area (Å²) in [5.74, 6) is -0.313. The van der Waals surface area contributed by atoms with Crippen LogP contribution in [0.5, 0.6) is 0 Å². The maximum atomic E-state index is 12.7. The number of aliphatic hydroxyl groups is 4. The highest BCUT2D eigenvalue weighted by Crippen LogP contribution is 2.23. The van der Waals surface area contributed by atoms with Gasteiger partial charge in [-0.2, -0.15) is 0 Å². The number of carbonyl (C=O) groups excluding carboxylic acids is 1. The second-order valence-corrected chi connectivity index (χ2v) is 17.3. The van der Waals surface area contributed by atoms with Crippen molar-refractivity contribution in [2.45, 2.75) is 275 Å². The number of carbonyl (C=O) groups is 1. The molecule has 6 unspecified atom stereocenters. The van der Waals surface area contributed by atoms with Gasteiger partial charge in [0.15, 0.2) is 6.29 Å². The quantitative estimate of drug-likeness (QED) is 0.0350. The van der Waals surface area contributed by atoms with E-state index in [-0.39, 0.29) is 19.2 Å². The Kier molecular flexibility index (Phi) is 38.6. The van der Waals surface area contributed by atoms with Gasteiger partial charge < -0.3 is 39.4 Å². The molecule has 1 aliphatic rings. The molecule has 1 heterocycles. The van der Waals surface area contributed by atoms with Crippen molar-refractivity contribution in [3.8, 4) is 0 Å². The highest BCUT2D eigenvalue weighted by molar-refractivity contribution is 5.69. The van der Waals surface area contributed by atoms with Crippen molar-refractivity contribution in [3.63, 3.8) is 0 Å². The van der Waals surface area contributed by atoms with E-state index in [1.165, 1.54) is 186 Å². The first-order valence-electron chi connectivity index (χ1n) is 24.6. The molecule has 1 aliphatic heterocycles. The predicted octanol–water partition coefficient (Wildman–Crippen LogP) is 11.4. The third kappa shape index (κ3) is 31.7. The topological polar surface area (TPSA) is 135 Å². The fourth-order valence-electron chi connectivity index (χ4n) is 7.91. The lowest BCUT2D eigenvalue weighted by molar-refractivity contribution is -0.305. The van der Waals surface area contributed by atoms with Crippen LogP contribution in [0.4, 0.5) is 0 Å². The van der Waals surface area contributed by atoms with Gasteiger partial charge in [0, 0.05) is 13.0 Å². The van der Waals surface area contributed by atoms with E-state index in [2.05, 4.69) is 13.8 Å². The Hall–Kier alpha value is -0.810. The monoisotopic (exact) mass is 815 g/mol. The van der Waals surface area contributed by atoms with Crippen LogP contribution in [0.1, 0.15) is 239 Å². The van der Waals surface area contributed by atoms with Crippen LogP contribution >= 0.6 is 0 Å². The third-order valence-electron chi connectivity index (χ3n) is 11.8. The Labute approximate surface area is 351 Å². The van der Waals surface area contributed by atoms with Crippen LogP contribution in [0.2, 0.25) is 0 Å². The first kappa shape index (κ1) is 54.2. The number of ether oxygens (including phenoxy) is 4. The summed E-state index contributed by atoms with van der Waals surface area (Å²) in [5, 5.41) is 40.0. The molecule has 57 heavy (non-hydrogen) atoms. The van der Waals surface area contributed by atoms with E-state index in [0.717, 1.165) is 32.1 Å². The average molecular weight is 815 g/mol. The minimum absolute atomic E-state index is 0.106. The molecule has 0 aromatic carbocycles. The Morgan fingerprint density at radius 2 is 0.860 bits per heavy atom. The number of esters is 1. The minimum atomic E-state index is -1.53. The molecular formula is C48H94O9. The Morgan fingerprint density at radius 1 is 0.491 bits per heavy atom. The van der Waals surface area contributed by atoms with Gasteiger partial charge in [-0.05, 0) is 12.8 Å². The van der Waals surface area contributed by atoms with Crippen LogP contribution in [0, 0.1) is 0 Å². The van der Waals surface area contributed by atoms with Crippen molar-refractivity contribution in [2.75, 3.05) is 26.4 Å². The second kappa shape index (κ2) is 40.6. The Bertz CT molecular complexity index is 843. The molecule has 340 valence electrons. The summed E-state index contributed by atoms with van der Waals surface area (Å²) in [6, 6.07) is 0. The van der Waals surface area contributed by atoms with Crippen LogP contribution in [0.3, 0.4) is 0 Å². The highest BCUT2D eigenvalue weighted by Gasteiger charge is 2.44. The van der Waals surface area contributed by atoms with Crippen LogP contribution in [-0.4, -0.2) is 89.6 Å². The average Bonchev–Trinajstić information content (AvgIpc) is 3.21. The second-order valence-electron chi connectivity index (χ2n) is 17.3. The summed E-state index contributed by atoms with van der Waals surface area (Å²) < 4.78 is 22.8. The molecule has 9 heteroatoms. The Balaban J connectivity index is 2.07. The lowest BCUT2D eigenvalue weighted by Gasteiger charge is -2.39. The first-order valence-corrected chi connectivity index (χ1v) is 24.6. The van der Waals surface area contributed by atoms with Crippen LogP contribution in [-0.2, 0) is 23.7 Å². The van der Waals surface area contributed by atoms with E-state index in [9.17, 15) is 25.2 Å². The highest BCUT2D eigenvalue weighted by atomic mass is 16.7. The van der Waals surface area contributed by atoms with Crippen molar-refractivity contribution >= 4 is 5.97 Å². The van der Waals surface area contributed by atoms with Gasteiger partial charge >= 0.3 is 5.97 Å². The molecule has 1 fully saturated rings. The van der Waals surface area contributed by atoms with Gasteiger partial charge in [-0.25, -0.2) is 0 Å². The molecule has 0 saturated carbocycles. The van der Waals surface area contributed by atoms with Crippen molar-refractivity contribution in [1.82, 2.24) is 0 Å². The van der Waals surface area contributed by atoms with E-state index in [0.29, 0.717) is 13.0 Å². The lowest BCUT2D eigenvalue weighted by atomic mass is 9.99. The molecule has 1 rings (SSSR count).